The highest BCUT2D eigenvalue weighted by molar-refractivity contribution is 5.83. The van der Waals surface area contributed by atoms with E-state index in [1.807, 2.05) is 0 Å². The Bertz CT molecular complexity index is 836. The maximum atomic E-state index is 12.8. The Morgan fingerprint density at radius 1 is 1.05 bits per heavy atom. The molecule has 2 saturated heterocycles. The average molecular weight is 577 g/mol. The molecule has 2 aliphatic heterocycles. The minimum absolute atomic E-state index is 0.0139. The highest BCUT2D eigenvalue weighted by Crippen LogP contribution is 2.38. The molecule has 1 aliphatic carbocycles. The summed E-state index contributed by atoms with van der Waals surface area (Å²) in [4.78, 5) is 24.2. The second-order valence-electron chi connectivity index (χ2n) is 13.1. The third kappa shape index (κ3) is 13.0. The zero-order valence-corrected chi connectivity index (χ0v) is 26.2. The van der Waals surface area contributed by atoms with Crippen molar-refractivity contribution >= 4 is 11.8 Å². The number of hydrogen-bond acceptors (Lipinski definition) is 7. The van der Waals surface area contributed by atoms with Gasteiger partial charge in [-0.25, -0.2) is 0 Å². The van der Waals surface area contributed by atoms with E-state index in [9.17, 15) is 9.59 Å². The molecule has 7 nitrogen and oxygen atoms in total. The summed E-state index contributed by atoms with van der Waals surface area (Å²) in [6.45, 7) is 9.19. The molecule has 0 radical (unpaired) electrons. The van der Waals surface area contributed by atoms with Crippen molar-refractivity contribution < 1.29 is 33.3 Å². The Balaban J connectivity index is 1.56. The predicted octanol–water partition coefficient (Wildman–Crippen LogP) is 7.67. The zero-order valence-electron chi connectivity index (χ0n) is 26.2. The molecule has 3 unspecified atom stereocenters. The highest BCUT2D eigenvalue weighted by atomic mass is 16.7. The van der Waals surface area contributed by atoms with E-state index in [1.54, 1.807) is 0 Å². The van der Waals surface area contributed by atoms with Crippen LogP contribution >= 0.6 is 0 Å². The van der Waals surface area contributed by atoms with Gasteiger partial charge in [-0.1, -0.05) is 32.9 Å². The molecule has 0 bridgehead atoms. The van der Waals surface area contributed by atoms with Gasteiger partial charge in [0.2, 0.25) is 0 Å². The molecule has 0 spiro atoms. The SMILES string of the molecule is COC(=O)CCCC=CC[C@@H]1C(=O)CC[C@@H]1/C=C(\CC(C)(C)CCC(C)COC1CCCCO1)OC1CCCCO1. The number of rotatable bonds is 17. The third-order valence-corrected chi connectivity index (χ3v) is 8.68. The van der Waals surface area contributed by atoms with Gasteiger partial charge in [-0.15, -0.1) is 0 Å². The van der Waals surface area contributed by atoms with Crippen LogP contribution in [-0.4, -0.2) is 51.3 Å². The van der Waals surface area contributed by atoms with Gasteiger partial charge < -0.3 is 23.7 Å². The third-order valence-electron chi connectivity index (χ3n) is 8.68. The van der Waals surface area contributed by atoms with Crippen molar-refractivity contribution in [1.82, 2.24) is 0 Å². The first kappa shape index (κ1) is 33.8. The zero-order chi connectivity index (χ0) is 29.5. The molecule has 0 N–H and O–H groups in total. The molecule has 0 aromatic rings. The van der Waals surface area contributed by atoms with E-state index in [-0.39, 0.29) is 35.8 Å². The quantitative estimate of drug-likeness (QED) is 0.0760. The standard InChI is InChI=1S/C34H56O7/c1-26(25-40-32-15-9-11-21-38-32)19-20-34(2,3)24-28(41-33-16-10-12-22-39-33)23-27-17-18-30(35)29(27)13-7-5-6-8-14-31(36)37-4/h5,7,23,26-27,29,32-33H,6,8-22,24-25H2,1-4H3/b7-5?,28-23+/t26?,27-,29+,32?,33?/m1/s1. The summed E-state index contributed by atoms with van der Waals surface area (Å²) in [5.41, 5.74) is 0.0494. The first-order chi connectivity index (χ1) is 19.8. The predicted molar refractivity (Wildman–Crippen MR) is 160 cm³/mol. The number of unbranched alkanes of at least 4 members (excludes halogenated alkanes) is 1. The number of ketones is 1. The van der Waals surface area contributed by atoms with Gasteiger partial charge in [-0.05, 0) is 94.0 Å². The maximum Gasteiger partial charge on any atom is 0.305 e. The Hall–Kier alpha value is -1.70. The van der Waals surface area contributed by atoms with Crippen LogP contribution in [0.5, 0.6) is 0 Å². The van der Waals surface area contributed by atoms with Crippen molar-refractivity contribution in [2.24, 2.45) is 23.2 Å². The van der Waals surface area contributed by atoms with Crippen molar-refractivity contribution in [3.8, 4) is 0 Å². The lowest BCUT2D eigenvalue weighted by atomic mass is 9.80. The smallest absolute Gasteiger partial charge is 0.305 e. The summed E-state index contributed by atoms with van der Waals surface area (Å²) in [5.74, 6) is 1.77. The molecule has 0 aromatic carbocycles. The van der Waals surface area contributed by atoms with Gasteiger partial charge in [0.15, 0.2) is 12.6 Å². The van der Waals surface area contributed by atoms with Crippen LogP contribution in [0.25, 0.3) is 0 Å². The molecule has 2 heterocycles. The fraction of sp³-hybridized carbons (Fsp3) is 0.824. The molecule has 0 aromatic heterocycles. The van der Waals surface area contributed by atoms with Crippen LogP contribution in [0, 0.1) is 23.2 Å². The van der Waals surface area contributed by atoms with Crippen LogP contribution in [0.4, 0.5) is 0 Å². The minimum atomic E-state index is -0.195. The maximum absolute atomic E-state index is 12.8. The molecule has 1 saturated carbocycles. The first-order valence-corrected chi connectivity index (χ1v) is 16.2. The number of Topliss-reactive ketones (excluding diaryl/α,β-unsaturated/α-hetero) is 1. The van der Waals surface area contributed by atoms with Gasteiger partial charge in [0.05, 0.1) is 26.1 Å². The summed E-state index contributed by atoms with van der Waals surface area (Å²) in [7, 11) is 1.42. The number of ether oxygens (including phenoxy) is 5. The Kier molecular flexibility index (Phi) is 14.9. The van der Waals surface area contributed by atoms with Crippen LogP contribution in [0.15, 0.2) is 24.0 Å². The van der Waals surface area contributed by atoms with E-state index >= 15 is 0 Å². The largest absolute Gasteiger partial charge is 0.470 e. The first-order valence-electron chi connectivity index (χ1n) is 16.2. The minimum Gasteiger partial charge on any atom is -0.470 e. The molecule has 5 atom stereocenters. The van der Waals surface area contributed by atoms with Gasteiger partial charge in [-0.2, -0.15) is 0 Å². The molecule has 7 heteroatoms. The lowest BCUT2D eigenvalue weighted by Crippen LogP contribution is -2.26. The van der Waals surface area contributed by atoms with E-state index in [0.717, 1.165) is 103 Å². The lowest BCUT2D eigenvalue weighted by molar-refractivity contribution is -0.168. The van der Waals surface area contributed by atoms with Crippen molar-refractivity contribution in [3.05, 3.63) is 24.0 Å². The Labute approximate surface area is 248 Å². The van der Waals surface area contributed by atoms with Crippen LogP contribution in [0.1, 0.15) is 117 Å². The van der Waals surface area contributed by atoms with Gasteiger partial charge in [-0.3, -0.25) is 9.59 Å². The number of carbonyl (C=O) groups is 2. The van der Waals surface area contributed by atoms with Crippen LogP contribution in [0.3, 0.4) is 0 Å². The topological polar surface area (TPSA) is 80.3 Å². The fourth-order valence-corrected chi connectivity index (χ4v) is 6.01. The van der Waals surface area contributed by atoms with E-state index in [0.29, 0.717) is 24.5 Å². The molecule has 234 valence electrons. The summed E-state index contributed by atoms with van der Waals surface area (Å²) >= 11 is 0. The van der Waals surface area contributed by atoms with Crippen LogP contribution in [-0.2, 0) is 33.3 Å². The highest BCUT2D eigenvalue weighted by Gasteiger charge is 2.34. The van der Waals surface area contributed by atoms with Crippen LogP contribution in [0.2, 0.25) is 0 Å². The Morgan fingerprint density at radius 2 is 1.78 bits per heavy atom. The summed E-state index contributed by atoms with van der Waals surface area (Å²) < 4.78 is 28.9. The summed E-state index contributed by atoms with van der Waals surface area (Å²) in [6, 6.07) is 0. The number of hydrogen-bond donors (Lipinski definition) is 0. The Morgan fingerprint density at radius 3 is 2.46 bits per heavy atom. The van der Waals surface area contributed by atoms with Crippen molar-refractivity contribution in [2.75, 3.05) is 26.9 Å². The number of allylic oxidation sites excluding steroid dienone is 4. The molecule has 0 amide bonds. The van der Waals surface area contributed by atoms with Gasteiger partial charge in [0.25, 0.3) is 0 Å². The van der Waals surface area contributed by atoms with E-state index in [4.69, 9.17) is 23.7 Å². The monoisotopic (exact) mass is 576 g/mol. The number of carbonyl (C=O) groups excluding carboxylic acids is 2. The van der Waals surface area contributed by atoms with E-state index in [2.05, 4.69) is 39.0 Å². The molecular formula is C34H56O7. The van der Waals surface area contributed by atoms with Crippen LogP contribution < -0.4 is 0 Å². The fourth-order valence-electron chi connectivity index (χ4n) is 6.01. The second kappa shape index (κ2) is 18.1. The summed E-state index contributed by atoms with van der Waals surface area (Å²) in [5, 5.41) is 0. The normalized spacial score (nSPS) is 26.8. The van der Waals surface area contributed by atoms with E-state index in [1.165, 1.54) is 13.5 Å². The average Bonchev–Trinajstić information content (AvgIpc) is 3.31. The van der Waals surface area contributed by atoms with Gasteiger partial charge >= 0.3 is 5.97 Å². The van der Waals surface area contributed by atoms with Gasteiger partial charge in [0, 0.05) is 38.2 Å². The van der Waals surface area contributed by atoms with E-state index < -0.39 is 0 Å². The number of methoxy groups -OCH3 is 1. The molecule has 41 heavy (non-hydrogen) atoms. The van der Waals surface area contributed by atoms with Crippen molar-refractivity contribution in [3.63, 3.8) is 0 Å². The lowest BCUT2D eigenvalue weighted by Gasteiger charge is -2.31. The van der Waals surface area contributed by atoms with Crippen molar-refractivity contribution in [1.29, 1.82) is 0 Å². The number of esters is 1. The molecule has 3 aliphatic rings. The molecule has 3 rings (SSSR count). The molecular weight excluding hydrogens is 520 g/mol. The van der Waals surface area contributed by atoms with Crippen molar-refractivity contribution in [2.45, 2.75) is 130 Å². The second-order valence-corrected chi connectivity index (χ2v) is 13.1. The molecule has 3 fully saturated rings. The summed E-state index contributed by atoms with van der Waals surface area (Å²) in [6.07, 6.45) is 19.9. The van der Waals surface area contributed by atoms with Gasteiger partial charge in [0.1, 0.15) is 5.78 Å².